The Kier molecular flexibility index (Phi) is 14.4. The number of unbranched alkanes of at least 4 members (excludes halogenated alkanes) is 9. The van der Waals surface area contributed by atoms with Crippen LogP contribution in [0.2, 0.25) is 0 Å². The number of rotatable bonds is 16. The Bertz CT molecular complexity index is 550. The van der Waals surface area contributed by atoms with E-state index < -0.39 is 74.6 Å². The highest BCUT2D eigenvalue weighted by molar-refractivity contribution is 4.94. The number of aliphatic hydroxyl groups is 7. The Morgan fingerprint density at radius 3 is 1.66 bits per heavy atom. The van der Waals surface area contributed by atoms with Gasteiger partial charge in [0.05, 0.1) is 13.2 Å². The zero-order valence-electron chi connectivity index (χ0n) is 20.7. The van der Waals surface area contributed by atoms with E-state index >= 15 is 0 Å². The van der Waals surface area contributed by atoms with Crippen molar-refractivity contribution in [1.82, 2.24) is 0 Å². The van der Waals surface area contributed by atoms with Crippen LogP contribution in [0.4, 0.5) is 0 Å². The quantitative estimate of drug-likeness (QED) is 0.134. The SMILES string of the molecule is CCCCCCCCCCCCO[C@@H]1O[C@@H](CO)[C@@H](O[C@H]2O[C@@H](CO)[C@@H](O)[C@@H](O)[C@@H]2O)[C@H](O)[C@H]1O. The molecular weight excluding hydrogens is 464 g/mol. The molecule has 7 N–H and O–H groups in total. The summed E-state index contributed by atoms with van der Waals surface area (Å²) in [6.45, 7) is 1.31. The maximum absolute atomic E-state index is 10.6. The van der Waals surface area contributed by atoms with Crippen molar-refractivity contribution in [2.75, 3.05) is 19.8 Å². The van der Waals surface area contributed by atoms with Crippen molar-refractivity contribution in [3.05, 3.63) is 0 Å². The smallest absolute Gasteiger partial charge is 0.187 e. The molecular formula is C24H46O11. The fraction of sp³-hybridized carbons (Fsp3) is 1.00. The van der Waals surface area contributed by atoms with Gasteiger partial charge in [-0.3, -0.25) is 0 Å². The lowest BCUT2D eigenvalue weighted by atomic mass is 9.97. The molecule has 0 aliphatic carbocycles. The van der Waals surface area contributed by atoms with E-state index in [0.717, 1.165) is 19.3 Å². The van der Waals surface area contributed by atoms with Gasteiger partial charge < -0.3 is 54.7 Å². The highest BCUT2D eigenvalue weighted by atomic mass is 16.7. The van der Waals surface area contributed by atoms with Crippen molar-refractivity contribution in [1.29, 1.82) is 0 Å². The monoisotopic (exact) mass is 510 g/mol. The summed E-state index contributed by atoms with van der Waals surface area (Å²) in [5.74, 6) is 0. The second-order valence-electron chi connectivity index (χ2n) is 9.56. The van der Waals surface area contributed by atoms with Gasteiger partial charge in [-0.2, -0.15) is 0 Å². The molecule has 11 heteroatoms. The van der Waals surface area contributed by atoms with Crippen LogP contribution in [0.5, 0.6) is 0 Å². The Labute approximate surface area is 207 Å². The standard InChI is InChI=1S/C24H46O11/c1-2-3-4-5-6-7-8-9-10-11-12-32-23-21(31)19(29)22(16(14-26)34-23)35-24-20(30)18(28)17(27)15(13-25)33-24/h15-31H,2-14H2,1H3/t15-,16-,17+,18+,19+,20-,21+,22+,23+,24+/m0/s1. The Balaban J connectivity index is 1.74. The second kappa shape index (κ2) is 16.4. The number of hydrogen-bond donors (Lipinski definition) is 7. The van der Waals surface area contributed by atoms with Gasteiger partial charge in [-0.05, 0) is 6.42 Å². The van der Waals surface area contributed by atoms with Crippen LogP contribution in [0.3, 0.4) is 0 Å². The van der Waals surface area contributed by atoms with Crippen LogP contribution >= 0.6 is 0 Å². The topological polar surface area (TPSA) is 179 Å². The van der Waals surface area contributed by atoms with Crippen LogP contribution in [0.25, 0.3) is 0 Å². The van der Waals surface area contributed by atoms with E-state index in [1.807, 2.05) is 0 Å². The highest BCUT2D eigenvalue weighted by Crippen LogP contribution is 2.29. The molecule has 0 spiro atoms. The second-order valence-corrected chi connectivity index (χ2v) is 9.56. The molecule has 2 fully saturated rings. The van der Waals surface area contributed by atoms with Gasteiger partial charge in [0, 0.05) is 6.61 Å². The predicted molar refractivity (Wildman–Crippen MR) is 124 cm³/mol. The minimum atomic E-state index is -1.69. The summed E-state index contributed by atoms with van der Waals surface area (Å²) in [6.07, 6.45) is -2.63. The average Bonchev–Trinajstić information content (AvgIpc) is 2.86. The van der Waals surface area contributed by atoms with E-state index in [-0.39, 0.29) is 0 Å². The van der Waals surface area contributed by atoms with E-state index in [9.17, 15) is 35.7 Å². The van der Waals surface area contributed by atoms with Crippen LogP contribution in [0.15, 0.2) is 0 Å². The summed E-state index contributed by atoms with van der Waals surface area (Å²) in [6, 6.07) is 0. The molecule has 0 aromatic rings. The molecule has 2 aliphatic heterocycles. The van der Waals surface area contributed by atoms with Crippen LogP contribution in [-0.4, -0.2) is 117 Å². The fourth-order valence-corrected chi connectivity index (χ4v) is 4.48. The first kappa shape index (κ1) is 30.8. The van der Waals surface area contributed by atoms with Gasteiger partial charge in [0.2, 0.25) is 0 Å². The molecule has 208 valence electrons. The van der Waals surface area contributed by atoms with Crippen molar-refractivity contribution in [2.24, 2.45) is 0 Å². The molecule has 2 heterocycles. The predicted octanol–water partition coefficient (Wildman–Crippen LogP) is -0.452. The van der Waals surface area contributed by atoms with Crippen LogP contribution in [0.1, 0.15) is 71.1 Å². The third-order valence-electron chi connectivity index (χ3n) is 6.74. The van der Waals surface area contributed by atoms with Crippen molar-refractivity contribution < 1.29 is 54.7 Å². The van der Waals surface area contributed by atoms with Crippen LogP contribution < -0.4 is 0 Å². The minimum absolute atomic E-state index is 0.321. The van der Waals surface area contributed by atoms with Gasteiger partial charge in [0.1, 0.15) is 48.8 Å². The summed E-state index contributed by atoms with van der Waals surface area (Å²) in [7, 11) is 0. The van der Waals surface area contributed by atoms with E-state index in [0.29, 0.717) is 6.61 Å². The van der Waals surface area contributed by atoms with E-state index in [4.69, 9.17) is 18.9 Å². The van der Waals surface area contributed by atoms with E-state index in [1.54, 1.807) is 0 Å². The molecule has 0 aromatic carbocycles. The summed E-state index contributed by atoms with van der Waals surface area (Å²) in [4.78, 5) is 0. The lowest BCUT2D eigenvalue weighted by Gasteiger charge is -2.45. The molecule has 0 unspecified atom stereocenters. The highest BCUT2D eigenvalue weighted by Gasteiger charge is 2.50. The summed E-state index contributed by atoms with van der Waals surface area (Å²) < 4.78 is 22.0. The van der Waals surface area contributed by atoms with Crippen molar-refractivity contribution >= 4 is 0 Å². The average molecular weight is 511 g/mol. The molecule has 0 saturated carbocycles. The van der Waals surface area contributed by atoms with Gasteiger partial charge in [-0.25, -0.2) is 0 Å². The van der Waals surface area contributed by atoms with Crippen LogP contribution in [0, 0.1) is 0 Å². The minimum Gasteiger partial charge on any atom is -0.394 e. The Morgan fingerprint density at radius 1 is 0.571 bits per heavy atom. The van der Waals surface area contributed by atoms with Crippen molar-refractivity contribution in [3.63, 3.8) is 0 Å². The van der Waals surface area contributed by atoms with Gasteiger partial charge in [-0.15, -0.1) is 0 Å². The zero-order valence-corrected chi connectivity index (χ0v) is 20.7. The first-order valence-corrected chi connectivity index (χ1v) is 13.1. The van der Waals surface area contributed by atoms with Gasteiger partial charge >= 0.3 is 0 Å². The van der Waals surface area contributed by atoms with Crippen LogP contribution in [-0.2, 0) is 18.9 Å². The Hall–Kier alpha value is -0.440. The lowest BCUT2D eigenvalue weighted by Crippen LogP contribution is -2.64. The molecule has 11 nitrogen and oxygen atoms in total. The van der Waals surface area contributed by atoms with Gasteiger partial charge in [-0.1, -0.05) is 64.7 Å². The molecule has 0 radical (unpaired) electrons. The lowest BCUT2D eigenvalue weighted by molar-refractivity contribution is -0.359. The van der Waals surface area contributed by atoms with E-state index in [2.05, 4.69) is 6.92 Å². The summed E-state index contributed by atoms with van der Waals surface area (Å²) >= 11 is 0. The van der Waals surface area contributed by atoms with Crippen molar-refractivity contribution in [2.45, 2.75) is 133 Å². The molecule has 0 aromatic heterocycles. The first-order valence-electron chi connectivity index (χ1n) is 13.1. The van der Waals surface area contributed by atoms with Gasteiger partial charge in [0.25, 0.3) is 0 Å². The zero-order chi connectivity index (χ0) is 25.8. The number of ether oxygens (including phenoxy) is 4. The molecule has 0 bridgehead atoms. The fourth-order valence-electron chi connectivity index (χ4n) is 4.48. The third-order valence-corrected chi connectivity index (χ3v) is 6.74. The first-order chi connectivity index (χ1) is 16.8. The number of aliphatic hydroxyl groups excluding tert-OH is 7. The summed E-state index contributed by atoms with van der Waals surface area (Å²) in [5, 5.41) is 70.1. The summed E-state index contributed by atoms with van der Waals surface area (Å²) in [5.41, 5.74) is 0. The molecule has 2 aliphatic rings. The normalized spacial score (nSPS) is 38.1. The molecule has 2 saturated heterocycles. The maximum atomic E-state index is 10.6. The molecule has 35 heavy (non-hydrogen) atoms. The van der Waals surface area contributed by atoms with Gasteiger partial charge in [0.15, 0.2) is 12.6 Å². The third kappa shape index (κ3) is 9.11. The largest absolute Gasteiger partial charge is 0.394 e. The molecule has 0 amide bonds. The Morgan fingerprint density at radius 2 is 1.09 bits per heavy atom. The molecule has 2 rings (SSSR count). The number of hydrogen-bond acceptors (Lipinski definition) is 11. The van der Waals surface area contributed by atoms with E-state index in [1.165, 1.54) is 44.9 Å². The maximum Gasteiger partial charge on any atom is 0.187 e. The van der Waals surface area contributed by atoms with Crippen molar-refractivity contribution in [3.8, 4) is 0 Å². The molecule has 10 atom stereocenters.